The van der Waals surface area contributed by atoms with Crippen molar-refractivity contribution in [3.63, 3.8) is 0 Å². The molecular weight excluding hydrogens is 288 g/mol. The Morgan fingerprint density at radius 3 is 2.86 bits per heavy atom. The Morgan fingerprint density at radius 2 is 2.10 bits per heavy atom. The topological polar surface area (TPSA) is 68.5 Å². The molecule has 1 fully saturated rings. The van der Waals surface area contributed by atoms with Crippen molar-refractivity contribution in [1.82, 2.24) is 24.7 Å². The number of aromatic nitrogens is 5. The maximum Gasteiger partial charge on any atom is 0.256 e. The molecule has 0 bridgehead atoms. The van der Waals surface area contributed by atoms with Gasteiger partial charge in [0.25, 0.3) is 5.95 Å². The molecule has 0 radical (unpaired) electrons. The summed E-state index contributed by atoms with van der Waals surface area (Å²) in [4.78, 5) is 12.5. The Balaban J connectivity index is 1.55. The Labute approximate surface area is 129 Å². The van der Waals surface area contributed by atoms with Gasteiger partial charge in [0.05, 0.1) is 0 Å². The van der Waals surface area contributed by atoms with Gasteiger partial charge in [0, 0.05) is 18.9 Å². The molecule has 0 atom stereocenters. The Kier molecular flexibility index (Phi) is 4.65. The molecule has 0 amide bonds. The lowest BCUT2D eigenvalue weighted by molar-refractivity contribution is 0.491. The minimum Gasteiger partial charge on any atom is -0.354 e. The van der Waals surface area contributed by atoms with E-state index in [1.165, 1.54) is 32.1 Å². The van der Waals surface area contributed by atoms with Crippen molar-refractivity contribution >= 4 is 17.5 Å². The highest BCUT2D eigenvalue weighted by atomic mass is 35.5. The van der Waals surface area contributed by atoms with E-state index in [1.807, 2.05) is 6.07 Å². The summed E-state index contributed by atoms with van der Waals surface area (Å²) in [5.74, 6) is 1.85. The molecule has 2 heterocycles. The molecule has 1 aliphatic rings. The Bertz CT molecular complexity index is 565. The van der Waals surface area contributed by atoms with Gasteiger partial charge in [-0.25, -0.2) is 4.68 Å². The van der Waals surface area contributed by atoms with Gasteiger partial charge in [-0.3, -0.25) is 0 Å². The summed E-state index contributed by atoms with van der Waals surface area (Å²) in [6.07, 6.45) is 11.4. The molecule has 7 heteroatoms. The maximum atomic E-state index is 5.94. The Morgan fingerprint density at radius 1 is 1.24 bits per heavy atom. The van der Waals surface area contributed by atoms with E-state index in [0.717, 1.165) is 18.9 Å². The molecule has 1 N–H and O–H groups in total. The first-order valence-electron chi connectivity index (χ1n) is 7.47. The average molecular weight is 307 g/mol. The molecule has 0 saturated heterocycles. The van der Waals surface area contributed by atoms with Gasteiger partial charge in [0.15, 0.2) is 0 Å². The molecule has 21 heavy (non-hydrogen) atoms. The van der Waals surface area contributed by atoms with Crippen molar-refractivity contribution in [1.29, 1.82) is 0 Å². The number of anilines is 1. The van der Waals surface area contributed by atoms with E-state index in [9.17, 15) is 0 Å². The van der Waals surface area contributed by atoms with Crippen molar-refractivity contribution in [3.8, 4) is 5.95 Å². The summed E-state index contributed by atoms with van der Waals surface area (Å²) in [5.41, 5.74) is 0. The first-order valence-corrected chi connectivity index (χ1v) is 7.84. The summed E-state index contributed by atoms with van der Waals surface area (Å²) in [5, 5.41) is 7.49. The van der Waals surface area contributed by atoms with Crippen molar-refractivity contribution in [2.45, 2.75) is 38.5 Å². The quantitative estimate of drug-likeness (QED) is 0.831. The lowest BCUT2D eigenvalue weighted by Crippen LogP contribution is -2.11. The highest BCUT2D eigenvalue weighted by molar-refractivity contribution is 6.28. The molecule has 3 rings (SSSR count). The van der Waals surface area contributed by atoms with Crippen LogP contribution in [0.15, 0.2) is 18.5 Å². The normalized spacial score (nSPS) is 15.5. The molecule has 0 spiro atoms. The third-order valence-electron chi connectivity index (χ3n) is 3.85. The lowest BCUT2D eigenvalue weighted by atomic mass is 10.0. The van der Waals surface area contributed by atoms with E-state index < -0.39 is 0 Å². The number of hydrogen-bond acceptors (Lipinski definition) is 5. The van der Waals surface area contributed by atoms with Crippen LogP contribution in [0.5, 0.6) is 0 Å². The molecule has 2 aromatic rings. The van der Waals surface area contributed by atoms with Crippen LogP contribution < -0.4 is 5.32 Å². The summed E-state index contributed by atoms with van der Waals surface area (Å²) >= 11 is 5.94. The molecule has 112 valence electrons. The van der Waals surface area contributed by atoms with E-state index >= 15 is 0 Å². The molecule has 0 unspecified atom stereocenters. The van der Waals surface area contributed by atoms with Gasteiger partial charge in [-0.2, -0.15) is 20.1 Å². The van der Waals surface area contributed by atoms with Crippen molar-refractivity contribution in [3.05, 3.63) is 23.7 Å². The van der Waals surface area contributed by atoms with Crippen LogP contribution in [0.3, 0.4) is 0 Å². The van der Waals surface area contributed by atoms with E-state index in [2.05, 4.69) is 25.4 Å². The zero-order valence-corrected chi connectivity index (χ0v) is 12.6. The molecule has 0 aromatic carbocycles. The van der Waals surface area contributed by atoms with Gasteiger partial charge in [-0.05, 0) is 36.4 Å². The van der Waals surface area contributed by atoms with Crippen molar-refractivity contribution in [2.75, 3.05) is 11.9 Å². The summed E-state index contributed by atoms with van der Waals surface area (Å²) in [6, 6.07) is 1.81. The predicted octanol–water partition coefficient (Wildman–Crippen LogP) is 3.09. The van der Waals surface area contributed by atoms with Crippen molar-refractivity contribution < 1.29 is 0 Å². The SMILES string of the molecule is Clc1nc(NCCCC2CCCC2)nc(-n2cccn2)n1. The van der Waals surface area contributed by atoms with Crippen LogP contribution in [0.2, 0.25) is 5.28 Å². The highest BCUT2D eigenvalue weighted by Gasteiger charge is 2.14. The van der Waals surface area contributed by atoms with Crippen LogP contribution >= 0.6 is 11.6 Å². The van der Waals surface area contributed by atoms with Crippen LogP contribution in [-0.2, 0) is 0 Å². The smallest absolute Gasteiger partial charge is 0.256 e. The first-order chi connectivity index (χ1) is 10.3. The first kappa shape index (κ1) is 14.3. The fraction of sp³-hybridized carbons (Fsp3) is 0.571. The molecule has 1 aliphatic carbocycles. The van der Waals surface area contributed by atoms with Crippen LogP contribution in [0.4, 0.5) is 5.95 Å². The number of hydrogen-bond donors (Lipinski definition) is 1. The van der Waals surface area contributed by atoms with Gasteiger partial charge >= 0.3 is 0 Å². The minimum absolute atomic E-state index is 0.175. The standard InChI is InChI=1S/C14H19ClN6/c15-12-18-13(16-8-3-7-11-5-1-2-6-11)20-14(19-12)21-10-4-9-17-21/h4,9-11H,1-3,5-8H2,(H,16,18,19,20). The highest BCUT2D eigenvalue weighted by Crippen LogP contribution is 2.28. The molecule has 1 saturated carbocycles. The summed E-state index contributed by atoms with van der Waals surface area (Å²) in [6.45, 7) is 0.857. The van der Waals surface area contributed by atoms with Crippen LogP contribution in [0.1, 0.15) is 38.5 Å². The number of rotatable bonds is 6. The van der Waals surface area contributed by atoms with Crippen LogP contribution in [-0.4, -0.2) is 31.3 Å². The zero-order chi connectivity index (χ0) is 14.5. The molecule has 0 aliphatic heterocycles. The van der Waals surface area contributed by atoms with E-state index in [1.54, 1.807) is 17.1 Å². The number of nitrogens with zero attached hydrogens (tertiary/aromatic N) is 5. The maximum absolute atomic E-state index is 5.94. The van der Waals surface area contributed by atoms with Gasteiger partial charge in [-0.1, -0.05) is 25.7 Å². The lowest BCUT2D eigenvalue weighted by Gasteiger charge is -2.09. The van der Waals surface area contributed by atoms with Gasteiger partial charge in [0.1, 0.15) is 0 Å². The van der Waals surface area contributed by atoms with Gasteiger partial charge in [0.2, 0.25) is 11.2 Å². The van der Waals surface area contributed by atoms with E-state index in [-0.39, 0.29) is 5.28 Å². The predicted molar refractivity (Wildman–Crippen MR) is 81.6 cm³/mol. The van der Waals surface area contributed by atoms with Gasteiger partial charge in [-0.15, -0.1) is 0 Å². The van der Waals surface area contributed by atoms with Gasteiger partial charge < -0.3 is 5.32 Å². The summed E-state index contributed by atoms with van der Waals surface area (Å²) in [7, 11) is 0. The second-order valence-corrected chi connectivity index (χ2v) is 5.74. The van der Waals surface area contributed by atoms with E-state index in [4.69, 9.17) is 11.6 Å². The number of halogens is 1. The fourth-order valence-corrected chi connectivity index (χ4v) is 2.95. The molecule has 6 nitrogen and oxygen atoms in total. The molecule has 2 aromatic heterocycles. The third-order valence-corrected chi connectivity index (χ3v) is 4.02. The second-order valence-electron chi connectivity index (χ2n) is 5.40. The van der Waals surface area contributed by atoms with Crippen LogP contribution in [0.25, 0.3) is 5.95 Å². The van der Waals surface area contributed by atoms with E-state index in [0.29, 0.717) is 11.9 Å². The zero-order valence-electron chi connectivity index (χ0n) is 11.9. The summed E-state index contributed by atoms with van der Waals surface area (Å²) < 4.78 is 1.57. The Hall–Kier alpha value is -1.69. The van der Waals surface area contributed by atoms with Crippen molar-refractivity contribution in [2.24, 2.45) is 5.92 Å². The monoisotopic (exact) mass is 306 g/mol. The largest absolute Gasteiger partial charge is 0.354 e. The third kappa shape index (κ3) is 3.91. The molecular formula is C14H19ClN6. The van der Waals surface area contributed by atoms with Crippen LogP contribution in [0, 0.1) is 5.92 Å². The fourth-order valence-electron chi connectivity index (χ4n) is 2.80. The average Bonchev–Trinajstić information content (AvgIpc) is 3.16. The minimum atomic E-state index is 0.175. The number of nitrogens with one attached hydrogen (secondary N) is 1. The second kappa shape index (κ2) is 6.85.